The van der Waals surface area contributed by atoms with Crippen molar-refractivity contribution >= 4 is 27.3 Å². The Kier molecular flexibility index (Phi) is 7.64. The van der Waals surface area contributed by atoms with Gasteiger partial charge in [-0.15, -0.1) is 0 Å². The number of aryl methyl sites for hydroxylation is 1. The number of hydrogen-bond donors (Lipinski definition) is 0. The van der Waals surface area contributed by atoms with Crippen LogP contribution in [0.15, 0.2) is 52.6 Å². The second-order valence-corrected chi connectivity index (χ2v) is 9.42. The minimum atomic E-state index is -3.48. The highest BCUT2D eigenvalue weighted by atomic mass is 35.5. The molecule has 1 fully saturated rings. The van der Waals surface area contributed by atoms with Crippen LogP contribution < -0.4 is 0 Å². The number of halogens is 1. The van der Waals surface area contributed by atoms with E-state index in [-0.39, 0.29) is 6.61 Å². The molecule has 0 atom stereocenters. The summed E-state index contributed by atoms with van der Waals surface area (Å²) in [6.07, 6.45) is 5.93. The molecular weight excluding hydrogens is 410 g/mol. The number of oxime groups is 1. The lowest BCUT2D eigenvalue weighted by molar-refractivity contribution is 0.125. The second-order valence-electron chi connectivity index (χ2n) is 7.05. The lowest BCUT2D eigenvalue weighted by Gasteiger charge is -2.26. The first kappa shape index (κ1) is 21.7. The molecule has 6 nitrogen and oxygen atoms in total. The molecule has 29 heavy (non-hydrogen) atoms. The quantitative estimate of drug-likeness (QED) is 0.575. The van der Waals surface area contributed by atoms with Gasteiger partial charge in [0.15, 0.2) is 6.61 Å². The van der Waals surface area contributed by atoms with E-state index in [0.29, 0.717) is 41.5 Å². The fraction of sp³-hybridized carbons (Fsp3) is 0.429. The zero-order chi connectivity index (χ0) is 20.7. The normalized spacial score (nSPS) is 15.3. The van der Waals surface area contributed by atoms with Crippen molar-refractivity contribution in [2.24, 2.45) is 5.16 Å². The largest absolute Gasteiger partial charge is 0.389 e. The molecule has 0 spiro atoms. The van der Waals surface area contributed by atoms with Crippen molar-refractivity contribution in [3.8, 4) is 0 Å². The summed E-state index contributed by atoms with van der Waals surface area (Å²) in [5, 5.41) is 4.75. The molecule has 8 heteroatoms. The van der Waals surface area contributed by atoms with Gasteiger partial charge in [0.25, 0.3) is 0 Å². The molecule has 1 aliphatic rings. The molecule has 2 aromatic rings. The third-order valence-electron chi connectivity index (χ3n) is 4.86. The molecule has 0 bridgehead atoms. The number of benzene rings is 1. The van der Waals surface area contributed by atoms with E-state index in [0.717, 1.165) is 25.0 Å². The number of sulfonamides is 1. The van der Waals surface area contributed by atoms with Crippen LogP contribution >= 0.6 is 11.6 Å². The standard InChI is InChI=1S/C21H26ClN3O3S/c1-2-3-4-17-5-7-21(8-6-17)29(26,27)25-13-10-19(11-14-25)24-28-16-20-15-18(22)9-12-23-20/h5-9,12,15H,2-4,10-11,13-14,16H2,1H3. The van der Waals surface area contributed by atoms with Crippen LogP contribution in [0.3, 0.4) is 0 Å². The van der Waals surface area contributed by atoms with Crippen molar-refractivity contribution in [1.82, 2.24) is 9.29 Å². The molecule has 0 saturated carbocycles. The molecule has 0 aliphatic carbocycles. The van der Waals surface area contributed by atoms with Crippen LogP contribution in [0.1, 0.15) is 43.9 Å². The molecule has 0 N–H and O–H groups in total. The van der Waals surface area contributed by atoms with Crippen molar-refractivity contribution < 1.29 is 13.3 Å². The minimum absolute atomic E-state index is 0.233. The zero-order valence-electron chi connectivity index (χ0n) is 16.6. The first-order valence-corrected chi connectivity index (χ1v) is 11.7. The van der Waals surface area contributed by atoms with Gasteiger partial charge in [-0.2, -0.15) is 4.31 Å². The van der Waals surface area contributed by atoms with Gasteiger partial charge in [-0.05, 0) is 42.7 Å². The average Bonchev–Trinajstić information content (AvgIpc) is 2.73. The van der Waals surface area contributed by atoms with Crippen LogP contribution in [0.25, 0.3) is 0 Å². The maximum absolute atomic E-state index is 12.9. The van der Waals surface area contributed by atoms with Crippen molar-refractivity contribution in [2.45, 2.75) is 50.5 Å². The predicted octanol–water partition coefficient (Wildman–Crippen LogP) is 4.43. The Hall–Kier alpha value is -1.96. The Morgan fingerprint density at radius 1 is 1.17 bits per heavy atom. The fourth-order valence-electron chi connectivity index (χ4n) is 3.15. The molecule has 0 unspecified atom stereocenters. The molecule has 0 amide bonds. The van der Waals surface area contributed by atoms with Gasteiger partial charge in [-0.25, -0.2) is 8.42 Å². The van der Waals surface area contributed by atoms with Gasteiger partial charge >= 0.3 is 0 Å². The SMILES string of the molecule is CCCCc1ccc(S(=O)(=O)N2CCC(=NOCc3cc(Cl)ccn3)CC2)cc1. The highest BCUT2D eigenvalue weighted by Gasteiger charge is 2.28. The summed E-state index contributed by atoms with van der Waals surface area (Å²) in [6, 6.07) is 10.7. The van der Waals surface area contributed by atoms with E-state index in [1.807, 2.05) is 12.1 Å². The summed E-state index contributed by atoms with van der Waals surface area (Å²) in [5.74, 6) is 0. The number of unbranched alkanes of at least 4 members (excludes halogenated alkanes) is 1. The van der Waals surface area contributed by atoms with Crippen molar-refractivity contribution in [1.29, 1.82) is 0 Å². The van der Waals surface area contributed by atoms with E-state index < -0.39 is 10.0 Å². The molecule has 0 radical (unpaired) electrons. The van der Waals surface area contributed by atoms with Crippen LogP contribution in [-0.4, -0.2) is 36.5 Å². The molecule has 156 valence electrons. The van der Waals surface area contributed by atoms with Gasteiger partial charge in [-0.1, -0.05) is 42.2 Å². The first-order valence-electron chi connectivity index (χ1n) is 9.86. The van der Waals surface area contributed by atoms with Crippen LogP contribution in [-0.2, 0) is 27.9 Å². The third-order valence-corrected chi connectivity index (χ3v) is 7.01. The van der Waals surface area contributed by atoms with Gasteiger partial charge in [-0.3, -0.25) is 4.98 Å². The van der Waals surface area contributed by atoms with Gasteiger partial charge in [0.2, 0.25) is 10.0 Å². The lowest BCUT2D eigenvalue weighted by atomic mass is 10.1. The summed E-state index contributed by atoms with van der Waals surface area (Å²) in [4.78, 5) is 9.87. The number of aromatic nitrogens is 1. The smallest absolute Gasteiger partial charge is 0.243 e. The van der Waals surface area contributed by atoms with E-state index in [1.165, 1.54) is 9.87 Å². The van der Waals surface area contributed by atoms with E-state index in [4.69, 9.17) is 16.4 Å². The van der Waals surface area contributed by atoms with Gasteiger partial charge in [0.1, 0.15) is 0 Å². The van der Waals surface area contributed by atoms with Crippen molar-refractivity contribution in [3.05, 3.63) is 58.9 Å². The van der Waals surface area contributed by atoms with Crippen LogP contribution in [0.2, 0.25) is 5.02 Å². The molecule has 1 aromatic carbocycles. The summed E-state index contributed by atoms with van der Waals surface area (Å²) < 4.78 is 27.3. The van der Waals surface area contributed by atoms with E-state index in [1.54, 1.807) is 30.5 Å². The van der Waals surface area contributed by atoms with Crippen LogP contribution in [0.5, 0.6) is 0 Å². The van der Waals surface area contributed by atoms with Gasteiger partial charge < -0.3 is 4.84 Å². The Morgan fingerprint density at radius 3 is 2.55 bits per heavy atom. The van der Waals surface area contributed by atoms with Gasteiger partial charge in [0, 0.05) is 37.2 Å². The van der Waals surface area contributed by atoms with Crippen LogP contribution in [0, 0.1) is 0 Å². The number of pyridine rings is 1. The molecule has 1 aliphatic heterocycles. The Labute approximate surface area is 177 Å². The number of rotatable bonds is 8. The van der Waals surface area contributed by atoms with E-state index in [2.05, 4.69) is 17.1 Å². The summed E-state index contributed by atoms with van der Waals surface area (Å²) in [7, 11) is -3.48. The second kappa shape index (κ2) is 10.2. The maximum Gasteiger partial charge on any atom is 0.243 e. The predicted molar refractivity (Wildman–Crippen MR) is 115 cm³/mol. The molecule has 2 heterocycles. The van der Waals surface area contributed by atoms with Crippen LogP contribution in [0.4, 0.5) is 0 Å². The van der Waals surface area contributed by atoms with Crippen molar-refractivity contribution in [2.75, 3.05) is 13.1 Å². The van der Waals surface area contributed by atoms with Crippen molar-refractivity contribution in [3.63, 3.8) is 0 Å². The maximum atomic E-state index is 12.9. The molecule has 1 saturated heterocycles. The lowest BCUT2D eigenvalue weighted by Crippen LogP contribution is -2.38. The number of piperidine rings is 1. The van der Waals surface area contributed by atoms with Gasteiger partial charge in [0.05, 0.1) is 16.3 Å². The average molecular weight is 436 g/mol. The Morgan fingerprint density at radius 2 is 1.90 bits per heavy atom. The van der Waals surface area contributed by atoms with E-state index >= 15 is 0 Å². The highest BCUT2D eigenvalue weighted by molar-refractivity contribution is 7.89. The van der Waals surface area contributed by atoms with E-state index in [9.17, 15) is 8.42 Å². The summed E-state index contributed by atoms with van der Waals surface area (Å²) >= 11 is 5.92. The number of nitrogens with zero attached hydrogens (tertiary/aromatic N) is 3. The summed E-state index contributed by atoms with van der Waals surface area (Å²) in [5.41, 5.74) is 2.72. The summed E-state index contributed by atoms with van der Waals surface area (Å²) in [6.45, 7) is 3.18. The Balaban J connectivity index is 1.53. The number of hydrogen-bond acceptors (Lipinski definition) is 5. The minimum Gasteiger partial charge on any atom is -0.389 e. The molecule has 3 rings (SSSR count). The monoisotopic (exact) mass is 435 g/mol. The molecule has 1 aromatic heterocycles. The zero-order valence-corrected chi connectivity index (χ0v) is 18.1. The first-order chi connectivity index (χ1) is 14.0. The topological polar surface area (TPSA) is 71.9 Å². The fourth-order valence-corrected chi connectivity index (χ4v) is 4.78. The third kappa shape index (κ3) is 6.01. The molecular formula is C21H26ClN3O3S. The Bertz CT molecular complexity index is 936. The highest BCUT2D eigenvalue weighted by Crippen LogP contribution is 2.21.